The Labute approximate surface area is 117 Å². The molecule has 0 bridgehead atoms. The predicted octanol–water partition coefficient (Wildman–Crippen LogP) is 2.35. The number of rotatable bonds is 4. The molecule has 19 heavy (non-hydrogen) atoms. The summed E-state index contributed by atoms with van der Waals surface area (Å²) in [6, 6.07) is 5.94. The second-order valence-electron chi connectivity index (χ2n) is 7.49. The first kappa shape index (κ1) is 16.2. The van der Waals surface area contributed by atoms with Gasteiger partial charge in [0, 0.05) is 5.56 Å². The minimum Gasteiger partial charge on any atom is -0.386 e. The molecule has 0 spiro atoms. The minimum absolute atomic E-state index is 0.806. The molecule has 1 aromatic carbocycles. The highest BCUT2D eigenvalue weighted by molar-refractivity contribution is 5.35. The first-order valence-corrected chi connectivity index (χ1v) is 6.69. The van der Waals surface area contributed by atoms with Crippen LogP contribution in [-0.4, -0.2) is 35.8 Å². The lowest BCUT2D eigenvalue weighted by molar-refractivity contribution is -0.884. The molecule has 0 aromatic heterocycles. The monoisotopic (exact) mass is 266 g/mol. The molecule has 0 fully saturated rings. The third-order valence-corrected chi connectivity index (χ3v) is 3.06. The van der Waals surface area contributed by atoms with E-state index in [0.29, 0.717) is 0 Å². The number of nitrogens with zero attached hydrogens (tertiary/aromatic N) is 1. The molecule has 0 radical (unpaired) electrons. The van der Waals surface area contributed by atoms with E-state index in [0.717, 1.165) is 27.7 Å². The summed E-state index contributed by atoms with van der Waals surface area (Å²) in [4.78, 5) is 0. The molecule has 0 saturated carbocycles. The Bertz CT molecular complexity index is 413. The van der Waals surface area contributed by atoms with Crippen LogP contribution in [-0.2, 0) is 17.7 Å². The fraction of sp³-hybridized carbons (Fsp3) is 0.625. The first-order valence-electron chi connectivity index (χ1n) is 6.69. The average Bonchev–Trinajstić information content (AvgIpc) is 2.11. The van der Waals surface area contributed by atoms with Crippen LogP contribution in [0.1, 0.15) is 44.4 Å². The molecule has 0 heterocycles. The summed E-state index contributed by atoms with van der Waals surface area (Å²) in [5.41, 5.74) is 1.01. The van der Waals surface area contributed by atoms with Gasteiger partial charge in [-0.1, -0.05) is 6.07 Å². The van der Waals surface area contributed by atoms with E-state index in [-0.39, 0.29) is 0 Å². The molecule has 108 valence electrons. The standard InChI is InChI=1S/C16H28NO2/c1-15(2,18)13-8-12(11-17(5,6)7)9-14(10-13)16(3,4)19/h8-10,18-19H,11H2,1-7H3/q+1. The molecule has 0 unspecified atom stereocenters. The van der Waals surface area contributed by atoms with E-state index in [1.807, 2.05) is 18.2 Å². The molecule has 0 aliphatic carbocycles. The van der Waals surface area contributed by atoms with Gasteiger partial charge in [0.05, 0.1) is 32.3 Å². The molecule has 3 heteroatoms. The fourth-order valence-corrected chi connectivity index (χ4v) is 2.04. The van der Waals surface area contributed by atoms with Gasteiger partial charge in [-0.25, -0.2) is 0 Å². The fourth-order valence-electron chi connectivity index (χ4n) is 2.04. The summed E-state index contributed by atoms with van der Waals surface area (Å²) in [5.74, 6) is 0. The second-order valence-corrected chi connectivity index (χ2v) is 7.49. The lowest BCUT2D eigenvalue weighted by Crippen LogP contribution is -2.33. The molecule has 2 N–H and O–H groups in total. The number of hydrogen-bond acceptors (Lipinski definition) is 2. The molecule has 1 aromatic rings. The van der Waals surface area contributed by atoms with Gasteiger partial charge in [0.1, 0.15) is 6.54 Å². The van der Waals surface area contributed by atoms with E-state index in [9.17, 15) is 10.2 Å². The maximum absolute atomic E-state index is 10.2. The summed E-state index contributed by atoms with van der Waals surface area (Å²) in [7, 11) is 6.38. The second kappa shape index (κ2) is 4.89. The molecule has 3 nitrogen and oxygen atoms in total. The number of quaternary nitrogens is 1. The summed E-state index contributed by atoms with van der Waals surface area (Å²) < 4.78 is 0.806. The first-order chi connectivity index (χ1) is 8.29. The Morgan fingerprint density at radius 3 is 1.47 bits per heavy atom. The molecule has 0 amide bonds. The Morgan fingerprint density at radius 2 is 1.21 bits per heavy atom. The number of benzene rings is 1. The third-order valence-electron chi connectivity index (χ3n) is 3.06. The number of hydrogen-bond donors (Lipinski definition) is 2. The Morgan fingerprint density at radius 1 is 0.842 bits per heavy atom. The molecule has 0 aliphatic heterocycles. The van der Waals surface area contributed by atoms with Crippen molar-refractivity contribution in [3.8, 4) is 0 Å². The molecular weight excluding hydrogens is 238 g/mol. The van der Waals surface area contributed by atoms with Gasteiger partial charge in [-0.15, -0.1) is 0 Å². The van der Waals surface area contributed by atoms with Crippen LogP contribution in [0.5, 0.6) is 0 Å². The van der Waals surface area contributed by atoms with Crippen molar-refractivity contribution in [3.05, 3.63) is 34.9 Å². The van der Waals surface area contributed by atoms with E-state index in [4.69, 9.17) is 0 Å². The van der Waals surface area contributed by atoms with Crippen LogP contribution in [0.2, 0.25) is 0 Å². The van der Waals surface area contributed by atoms with E-state index < -0.39 is 11.2 Å². The largest absolute Gasteiger partial charge is 0.386 e. The zero-order valence-electron chi connectivity index (χ0n) is 13.3. The summed E-state index contributed by atoms with van der Waals surface area (Å²) >= 11 is 0. The molecular formula is C16H28NO2+. The van der Waals surface area contributed by atoms with Gasteiger partial charge in [0.2, 0.25) is 0 Å². The predicted molar refractivity (Wildman–Crippen MR) is 78.7 cm³/mol. The highest BCUT2D eigenvalue weighted by atomic mass is 16.3. The van der Waals surface area contributed by atoms with E-state index in [1.54, 1.807) is 27.7 Å². The topological polar surface area (TPSA) is 40.5 Å². The Hall–Kier alpha value is -0.900. The van der Waals surface area contributed by atoms with Gasteiger partial charge in [0.15, 0.2) is 0 Å². The quantitative estimate of drug-likeness (QED) is 0.821. The zero-order chi connectivity index (χ0) is 15.1. The van der Waals surface area contributed by atoms with Crippen LogP contribution in [0.4, 0.5) is 0 Å². The van der Waals surface area contributed by atoms with Crippen LogP contribution in [0.15, 0.2) is 18.2 Å². The van der Waals surface area contributed by atoms with Gasteiger partial charge in [-0.3, -0.25) is 0 Å². The lowest BCUT2D eigenvalue weighted by atomic mass is 9.88. The summed E-state index contributed by atoms with van der Waals surface area (Å²) in [6.45, 7) is 7.93. The van der Waals surface area contributed by atoms with Crippen molar-refractivity contribution >= 4 is 0 Å². The smallest absolute Gasteiger partial charge is 0.104 e. The van der Waals surface area contributed by atoms with Gasteiger partial charge < -0.3 is 14.7 Å². The van der Waals surface area contributed by atoms with Crippen molar-refractivity contribution in [2.45, 2.75) is 45.4 Å². The van der Waals surface area contributed by atoms with Crippen LogP contribution in [0.25, 0.3) is 0 Å². The third kappa shape index (κ3) is 4.94. The van der Waals surface area contributed by atoms with Gasteiger partial charge >= 0.3 is 0 Å². The van der Waals surface area contributed by atoms with Crippen molar-refractivity contribution < 1.29 is 14.7 Å². The van der Waals surface area contributed by atoms with Crippen molar-refractivity contribution in [1.82, 2.24) is 0 Å². The van der Waals surface area contributed by atoms with E-state index in [2.05, 4.69) is 21.1 Å². The van der Waals surface area contributed by atoms with E-state index in [1.165, 1.54) is 0 Å². The van der Waals surface area contributed by atoms with Crippen LogP contribution >= 0.6 is 0 Å². The SMILES string of the molecule is CC(C)(O)c1cc(C[N+](C)(C)C)cc(C(C)(C)O)c1. The highest BCUT2D eigenvalue weighted by Gasteiger charge is 2.24. The average molecular weight is 266 g/mol. The van der Waals surface area contributed by atoms with Crippen LogP contribution in [0, 0.1) is 0 Å². The minimum atomic E-state index is -0.902. The summed E-state index contributed by atoms with van der Waals surface area (Å²) in [6.07, 6.45) is 0. The van der Waals surface area contributed by atoms with E-state index >= 15 is 0 Å². The Kier molecular flexibility index (Phi) is 4.16. The zero-order valence-corrected chi connectivity index (χ0v) is 13.3. The van der Waals surface area contributed by atoms with Gasteiger partial charge in [-0.05, 0) is 51.0 Å². The van der Waals surface area contributed by atoms with Crippen LogP contribution in [0.3, 0.4) is 0 Å². The molecule has 0 saturated heterocycles. The van der Waals surface area contributed by atoms with Crippen molar-refractivity contribution in [3.63, 3.8) is 0 Å². The maximum atomic E-state index is 10.2. The van der Waals surface area contributed by atoms with Crippen LogP contribution < -0.4 is 0 Å². The number of aliphatic hydroxyl groups is 2. The van der Waals surface area contributed by atoms with Crippen molar-refractivity contribution in [2.24, 2.45) is 0 Å². The van der Waals surface area contributed by atoms with Crippen molar-refractivity contribution in [1.29, 1.82) is 0 Å². The lowest BCUT2D eigenvalue weighted by Gasteiger charge is -2.28. The molecule has 0 aliphatic rings. The molecule has 0 atom stereocenters. The Balaban J connectivity index is 3.33. The normalized spacial score (nSPS) is 13.7. The van der Waals surface area contributed by atoms with Gasteiger partial charge in [0.25, 0.3) is 0 Å². The molecule has 1 rings (SSSR count). The van der Waals surface area contributed by atoms with Gasteiger partial charge in [-0.2, -0.15) is 0 Å². The highest BCUT2D eigenvalue weighted by Crippen LogP contribution is 2.28. The van der Waals surface area contributed by atoms with Crippen molar-refractivity contribution in [2.75, 3.05) is 21.1 Å². The summed E-state index contributed by atoms with van der Waals surface area (Å²) in [5, 5.41) is 20.4. The maximum Gasteiger partial charge on any atom is 0.104 e.